The van der Waals surface area contributed by atoms with Crippen LogP contribution in [0.25, 0.3) is 0 Å². The number of hydrogen-bond acceptors (Lipinski definition) is 3. The van der Waals surface area contributed by atoms with Crippen LogP contribution in [0.1, 0.15) is 17.5 Å². The molecule has 1 atom stereocenters. The van der Waals surface area contributed by atoms with Crippen molar-refractivity contribution < 1.29 is 4.79 Å². The number of carbonyl (C=O) groups excluding carboxylic acids is 1. The standard InChI is InChI=1S/C14H21N3O.ClH/c1-10-4-3-5-11(2)14(10)16-13(18)9-17-7-6-12(15)8-17;/h3-5,12H,6-9,15H2,1-2H3,(H,16,18);1H/t12-;/m0./s1. The lowest BCUT2D eigenvalue weighted by atomic mass is 10.1. The van der Waals surface area contributed by atoms with Gasteiger partial charge in [-0.1, -0.05) is 18.2 Å². The van der Waals surface area contributed by atoms with Crippen LogP contribution in [0.5, 0.6) is 0 Å². The van der Waals surface area contributed by atoms with Gasteiger partial charge >= 0.3 is 0 Å². The third kappa shape index (κ3) is 4.20. The maximum absolute atomic E-state index is 12.0. The number of nitrogens with two attached hydrogens (primary N) is 1. The van der Waals surface area contributed by atoms with Crippen LogP contribution in [0, 0.1) is 13.8 Å². The molecule has 3 N–H and O–H groups in total. The first-order valence-electron chi connectivity index (χ1n) is 6.40. The van der Waals surface area contributed by atoms with E-state index in [-0.39, 0.29) is 24.4 Å². The second kappa shape index (κ2) is 6.89. The van der Waals surface area contributed by atoms with E-state index in [1.54, 1.807) is 0 Å². The van der Waals surface area contributed by atoms with Crippen molar-refractivity contribution in [3.63, 3.8) is 0 Å². The van der Waals surface area contributed by atoms with Crippen molar-refractivity contribution in [2.45, 2.75) is 26.3 Å². The summed E-state index contributed by atoms with van der Waals surface area (Å²) < 4.78 is 0. The van der Waals surface area contributed by atoms with Gasteiger partial charge in [0.05, 0.1) is 6.54 Å². The number of nitrogens with zero attached hydrogens (tertiary/aromatic N) is 1. The second-order valence-corrected chi connectivity index (χ2v) is 5.10. The third-order valence-electron chi connectivity index (χ3n) is 3.42. The summed E-state index contributed by atoms with van der Waals surface area (Å²) in [7, 11) is 0. The maximum Gasteiger partial charge on any atom is 0.238 e. The van der Waals surface area contributed by atoms with Crippen LogP contribution < -0.4 is 11.1 Å². The predicted molar refractivity (Wildman–Crippen MR) is 80.8 cm³/mol. The Kier molecular flexibility index (Phi) is 5.79. The number of hydrogen-bond donors (Lipinski definition) is 2. The molecule has 1 saturated heterocycles. The van der Waals surface area contributed by atoms with Crippen molar-refractivity contribution in [1.29, 1.82) is 0 Å². The van der Waals surface area contributed by atoms with E-state index in [1.807, 2.05) is 32.0 Å². The molecular formula is C14H22ClN3O. The fourth-order valence-corrected chi connectivity index (χ4v) is 2.40. The van der Waals surface area contributed by atoms with Gasteiger partial charge < -0.3 is 11.1 Å². The van der Waals surface area contributed by atoms with Crippen LogP contribution >= 0.6 is 12.4 Å². The molecule has 1 aromatic rings. The van der Waals surface area contributed by atoms with Gasteiger partial charge in [-0.05, 0) is 31.4 Å². The van der Waals surface area contributed by atoms with Crippen LogP contribution in [0.15, 0.2) is 18.2 Å². The van der Waals surface area contributed by atoms with E-state index < -0.39 is 0 Å². The first-order chi connectivity index (χ1) is 8.56. The van der Waals surface area contributed by atoms with Crippen molar-refractivity contribution in [1.82, 2.24) is 4.90 Å². The Morgan fingerprint density at radius 1 is 1.42 bits per heavy atom. The molecule has 5 heteroatoms. The lowest BCUT2D eigenvalue weighted by molar-refractivity contribution is -0.117. The summed E-state index contributed by atoms with van der Waals surface area (Å²) in [5.41, 5.74) is 8.96. The Labute approximate surface area is 120 Å². The summed E-state index contributed by atoms with van der Waals surface area (Å²) >= 11 is 0. The Bertz CT molecular complexity index is 430. The molecule has 0 aliphatic carbocycles. The maximum atomic E-state index is 12.0. The number of rotatable bonds is 3. The second-order valence-electron chi connectivity index (χ2n) is 5.10. The molecule has 2 rings (SSSR count). The Hall–Kier alpha value is -1.10. The lowest BCUT2D eigenvalue weighted by Gasteiger charge is -2.16. The molecule has 1 aliphatic rings. The van der Waals surface area contributed by atoms with E-state index >= 15 is 0 Å². The summed E-state index contributed by atoms with van der Waals surface area (Å²) in [6.07, 6.45) is 0.983. The molecule has 0 radical (unpaired) electrons. The van der Waals surface area contributed by atoms with E-state index in [2.05, 4.69) is 10.2 Å². The highest BCUT2D eigenvalue weighted by Crippen LogP contribution is 2.19. The van der Waals surface area contributed by atoms with Gasteiger partial charge in [0.15, 0.2) is 0 Å². The minimum Gasteiger partial charge on any atom is -0.326 e. The lowest BCUT2D eigenvalue weighted by Crippen LogP contribution is -2.33. The van der Waals surface area contributed by atoms with Crippen molar-refractivity contribution in [2.24, 2.45) is 5.73 Å². The highest BCUT2D eigenvalue weighted by atomic mass is 35.5. The molecule has 1 amide bonds. The van der Waals surface area contributed by atoms with Gasteiger partial charge in [-0.2, -0.15) is 0 Å². The molecule has 1 heterocycles. The molecule has 1 aromatic carbocycles. The van der Waals surface area contributed by atoms with E-state index in [1.165, 1.54) is 0 Å². The van der Waals surface area contributed by atoms with E-state index in [4.69, 9.17) is 5.73 Å². The fraction of sp³-hybridized carbons (Fsp3) is 0.500. The molecular weight excluding hydrogens is 262 g/mol. The quantitative estimate of drug-likeness (QED) is 0.888. The first-order valence-corrected chi connectivity index (χ1v) is 6.40. The van der Waals surface area contributed by atoms with Crippen LogP contribution in [0.2, 0.25) is 0 Å². The van der Waals surface area contributed by atoms with Gasteiger partial charge in [0, 0.05) is 24.8 Å². The van der Waals surface area contributed by atoms with Gasteiger partial charge in [-0.15, -0.1) is 12.4 Å². The molecule has 0 aromatic heterocycles. The number of anilines is 1. The molecule has 0 unspecified atom stereocenters. The number of benzene rings is 1. The Balaban J connectivity index is 0.00000180. The average Bonchev–Trinajstić information content (AvgIpc) is 2.69. The largest absolute Gasteiger partial charge is 0.326 e. The minimum absolute atomic E-state index is 0. The van der Waals surface area contributed by atoms with E-state index in [0.717, 1.165) is 36.3 Å². The molecule has 4 nitrogen and oxygen atoms in total. The van der Waals surface area contributed by atoms with Crippen molar-refractivity contribution >= 4 is 24.0 Å². The first kappa shape index (κ1) is 16.0. The normalized spacial score (nSPS) is 19.0. The highest BCUT2D eigenvalue weighted by Gasteiger charge is 2.21. The molecule has 19 heavy (non-hydrogen) atoms. The van der Waals surface area contributed by atoms with Gasteiger partial charge in [0.1, 0.15) is 0 Å². The smallest absolute Gasteiger partial charge is 0.238 e. The number of likely N-dealkylation sites (tertiary alicyclic amines) is 1. The van der Waals surface area contributed by atoms with Crippen molar-refractivity contribution in [3.8, 4) is 0 Å². The summed E-state index contributed by atoms with van der Waals surface area (Å²) in [5.74, 6) is 0.0431. The van der Waals surface area contributed by atoms with Gasteiger partial charge in [0.2, 0.25) is 5.91 Å². The van der Waals surface area contributed by atoms with Gasteiger partial charge in [0.25, 0.3) is 0 Å². The van der Waals surface area contributed by atoms with Crippen molar-refractivity contribution in [3.05, 3.63) is 29.3 Å². The zero-order valence-electron chi connectivity index (χ0n) is 11.5. The molecule has 0 bridgehead atoms. The summed E-state index contributed by atoms with van der Waals surface area (Å²) in [5, 5.41) is 3.00. The summed E-state index contributed by atoms with van der Waals surface area (Å²) in [6, 6.07) is 6.24. The zero-order valence-corrected chi connectivity index (χ0v) is 12.3. The third-order valence-corrected chi connectivity index (χ3v) is 3.42. The predicted octanol–water partition coefficient (Wildman–Crippen LogP) is 1.70. The van der Waals surface area contributed by atoms with Crippen LogP contribution in [0.4, 0.5) is 5.69 Å². The summed E-state index contributed by atoms with van der Waals surface area (Å²) in [4.78, 5) is 14.1. The minimum atomic E-state index is 0. The van der Waals surface area contributed by atoms with Crippen molar-refractivity contribution in [2.75, 3.05) is 25.0 Å². The number of carbonyl (C=O) groups is 1. The van der Waals surface area contributed by atoms with Gasteiger partial charge in [-0.25, -0.2) is 0 Å². The molecule has 1 aliphatic heterocycles. The van der Waals surface area contributed by atoms with Crippen LogP contribution in [0.3, 0.4) is 0 Å². The molecule has 0 saturated carbocycles. The van der Waals surface area contributed by atoms with E-state index in [9.17, 15) is 4.79 Å². The number of aryl methyl sites for hydroxylation is 2. The number of para-hydroxylation sites is 1. The monoisotopic (exact) mass is 283 g/mol. The Morgan fingerprint density at radius 2 is 2.05 bits per heavy atom. The SMILES string of the molecule is Cc1cccc(C)c1NC(=O)CN1CC[C@H](N)C1.Cl. The highest BCUT2D eigenvalue weighted by molar-refractivity contribution is 5.93. The van der Waals surface area contributed by atoms with E-state index in [0.29, 0.717) is 6.54 Å². The molecule has 106 valence electrons. The Morgan fingerprint density at radius 3 is 2.58 bits per heavy atom. The van der Waals surface area contributed by atoms with Gasteiger partial charge in [-0.3, -0.25) is 9.69 Å². The number of amides is 1. The number of halogens is 1. The molecule has 0 spiro atoms. The summed E-state index contributed by atoms with van der Waals surface area (Å²) in [6.45, 7) is 6.19. The molecule has 1 fully saturated rings. The van der Waals surface area contributed by atoms with Crippen LogP contribution in [-0.2, 0) is 4.79 Å². The number of nitrogens with one attached hydrogen (secondary N) is 1. The fourth-order valence-electron chi connectivity index (χ4n) is 2.40. The average molecular weight is 284 g/mol. The zero-order chi connectivity index (χ0) is 13.1. The van der Waals surface area contributed by atoms with Crippen LogP contribution in [-0.4, -0.2) is 36.5 Å². The topological polar surface area (TPSA) is 58.4 Å².